The first-order chi connectivity index (χ1) is 8.53. The van der Waals surface area contributed by atoms with Crippen LogP contribution in [0.15, 0.2) is 18.2 Å². The first-order valence-electron chi connectivity index (χ1n) is 6.72. The van der Waals surface area contributed by atoms with E-state index in [-0.39, 0.29) is 11.0 Å². The van der Waals surface area contributed by atoms with E-state index in [0.29, 0.717) is 13.2 Å². The first kappa shape index (κ1) is 11.8. The quantitative estimate of drug-likeness (QED) is 0.830. The van der Waals surface area contributed by atoms with Crippen molar-refractivity contribution in [1.82, 2.24) is 0 Å². The van der Waals surface area contributed by atoms with Crippen molar-refractivity contribution in [3.05, 3.63) is 23.8 Å². The van der Waals surface area contributed by atoms with Crippen molar-refractivity contribution in [2.75, 3.05) is 13.2 Å². The average molecular weight is 247 g/mol. The van der Waals surface area contributed by atoms with Crippen LogP contribution in [0.5, 0.6) is 11.5 Å². The summed E-state index contributed by atoms with van der Waals surface area (Å²) in [5.74, 6) is 1.68. The number of hydrogen-bond donors (Lipinski definition) is 1. The van der Waals surface area contributed by atoms with Gasteiger partial charge in [-0.3, -0.25) is 0 Å². The van der Waals surface area contributed by atoms with Crippen LogP contribution in [0, 0.1) is 5.41 Å². The molecule has 3 rings (SSSR count). The molecule has 18 heavy (non-hydrogen) atoms. The van der Waals surface area contributed by atoms with Crippen LogP contribution in [-0.4, -0.2) is 13.2 Å². The topological polar surface area (TPSA) is 44.5 Å². The van der Waals surface area contributed by atoms with Crippen molar-refractivity contribution in [3.63, 3.8) is 0 Å². The highest BCUT2D eigenvalue weighted by molar-refractivity contribution is 5.46. The largest absolute Gasteiger partial charge is 0.486 e. The van der Waals surface area contributed by atoms with Gasteiger partial charge in [0.1, 0.15) is 13.2 Å². The molecule has 1 aliphatic heterocycles. The SMILES string of the molecule is CC1(C)CCCC1(N)c1ccc2c(c1)OCCO2. The Bertz CT molecular complexity index is 470. The summed E-state index contributed by atoms with van der Waals surface area (Å²) in [6.45, 7) is 5.77. The molecule has 2 aliphatic rings. The molecule has 1 heterocycles. The fourth-order valence-corrected chi connectivity index (χ4v) is 3.23. The van der Waals surface area contributed by atoms with Gasteiger partial charge in [0.25, 0.3) is 0 Å². The second kappa shape index (κ2) is 3.89. The third-order valence-corrected chi connectivity index (χ3v) is 4.64. The van der Waals surface area contributed by atoms with Gasteiger partial charge < -0.3 is 15.2 Å². The molecule has 1 unspecified atom stereocenters. The number of hydrogen-bond acceptors (Lipinski definition) is 3. The molecule has 0 radical (unpaired) electrons. The molecule has 1 fully saturated rings. The van der Waals surface area contributed by atoms with Crippen LogP contribution >= 0.6 is 0 Å². The van der Waals surface area contributed by atoms with Crippen LogP contribution in [0.4, 0.5) is 0 Å². The van der Waals surface area contributed by atoms with Gasteiger partial charge in [0, 0.05) is 5.54 Å². The summed E-state index contributed by atoms with van der Waals surface area (Å²) in [6.07, 6.45) is 3.41. The van der Waals surface area contributed by atoms with Crippen molar-refractivity contribution in [2.24, 2.45) is 11.1 Å². The molecule has 0 saturated heterocycles. The van der Waals surface area contributed by atoms with Crippen LogP contribution in [0.25, 0.3) is 0 Å². The predicted molar refractivity (Wildman–Crippen MR) is 70.9 cm³/mol. The van der Waals surface area contributed by atoms with Crippen LogP contribution in [0.1, 0.15) is 38.7 Å². The highest BCUT2D eigenvalue weighted by atomic mass is 16.6. The number of ether oxygens (including phenoxy) is 2. The van der Waals surface area contributed by atoms with Crippen molar-refractivity contribution in [2.45, 2.75) is 38.6 Å². The fraction of sp³-hybridized carbons (Fsp3) is 0.600. The normalized spacial score (nSPS) is 29.3. The highest BCUT2D eigenvalue weighted by Crippen LogP contribution is 2.51. The molecule has 1 atom stereocenters. The van der Waals surface area contributed by atoms with Crippen LogP contribution in [-0.2, 0) is 5.54 Å². The second-order valence-electron chi connectivity index (χ2n) is 6.07. The summed E-state index contributed by atoms with van der Waals surface area (Å²) in [5, 5.41) is 0. The van der Waals surface area contributed by atoms with Gasteiger partial charge in [-0.2, -0.15) is 0 Å². The van der Waals surface area contributed by atoms with E-state index in [2.05, 4.69) is 26.0 Å². The Morgan fingerprint density at radius 1 is 1.06 bits per heavy atom. The summed E-state index contributed by atoms with van der Waals surface area (Å²) in [7, 11) is 0. The van der Waals surface area contributed by atoms with Crippen LogP contribution < -0.4 is 15.2 Å². The lowest BCUT2D eigenvalue weighted by atomic mass is 9.71. The maximum atomic E-state index is 6.69. The first-order valence-corrected chi connectivity index (χ1v) is 6.72. The zero-order valence-electron chi connectivity index (χ0n) is 11.2. The molecule has 0 bridgehead atoms. The number of fused-ring (bicyclic) bond motifs is 1. The van der Waals surface area contributed by atoms with E-state index < -0.39 is 0 Å². The monoisotopic (exact) mass is 247 g/mol. The zero-order valence-corrected chi connectivity index (χ0v) is 11.2. The minimum atomic E-state index is -0.247. The third kappa shape index (κ3) is 1.61. The summed E-state index contributed by atoms with van der Waals surface area (Å²) >= 11 is 0. The lowest BCUT2D eigenvalue weighted by Gasteiger charge is -2.39. The van der Waals surface area contributed by atoms with Gasteiger partial charge in [-0.05, 0) is 36.0 Å². The molecular weight excluding hydrogens is 226 g/mol. The Morgan fingerprint density at radius 2 is 1.78 bits per heavy atom. The summed E-state index contributed by atoms with van der Waals surface area (Å²) in [6, 6.07) is 6.16. The van der Waals surface area contributed by atoms with Gasteiger partial charge in [0.05, 0.1) is 0 Å². The molecule has 2 N–H and O–H groups in total. The van der Waals surface area contributed by atoms with Crippen LogP contribution in [0.2, 0.25) is 0 Å². The second-order valence-corrected chi connectivity index (χ2v) is 6.07. The fourth-order valence-electron chi connectivity index (χ4n) is 3.23. The lowest BCUT2D eigenvalue weighted by Crippen LogP contribution is -2.45. The smallest absolute Gasteiger partial charge is 0.161 e. The number of benzene rings is 1. The molecule has 3 heteroatoms. The van der Waals surface area contributed by atoms with Gasteiger partial charge in [-0.25, -0.2) is 0 Å². The average Bonchev–Trinajstić information content (AvgIpc) is 2.64. The van der Waals surface area contributed by atoms with Gasteiger partial charge >= 0.3 is 0 Å². The molecule has 1 saturated carbocycles. The lowest BCUT2D eigenvalue weighted by molar-refractivity contribution is 0.169. The Morgan fingerprint density at radius 3 is 2.44 bits per heavy atom. The molecular formula is C15H21NO2. The predicted octanol–water partition coefficient (Wildman–Crippen LogP) is 2.82. The van der Waals surface area contributed by atoms with Gasteiger partial charge in [0.15, 0.2) is 11.5 Å². The Balaban J connectivity index is 2.02. The highest BCUT2D eigenvalue weighted by Gasteiger charge is 2.47. The summed E-state index contributed by atoms with van der Waals surface area (Å²) in [5.41, 5.74) is 7.76. The van der Waals surface area contributed by atoms with Crippen molar-refractivity contribution < 1.29 is 9.47 Å². The van der Waals surface area contributed by atoms with E-state index in [4.69, 9.17) is 15.2 Å². The van der Waals surface area contributed by atoms with E-state index in [1.807, 2.05) is 6.07 Å². The Labute approximate surface area is 108 Å². The van der Waals surface area contributed by atoms with Crippen LogP contribution in [0.3, 0.4) is 0 Å². The third-order valence-electron chi connectivity index (χ3n) is 4.64. The van der Waals surface area contributed by atoms with Gasteiger partial charge in [0.2, 0.25) is 0 Å². The molecule has 0 spiro atoms. The Kier molecular flexibility index (Phi) is 2.56. The van der Waals surface area contributed by atoms with E-state index in [9.17, 15) is 0 Å². The molecule has 1 aliphatic carbocycles. The molecule has 0 aromatic heterocycles. The number of rotatable bonds is 1. The maximum Gasteiger partial charge on any atom is 0.161 e. The van der Waals surface area contributed by atoms with Gasteiger partial charge in [-0.15, -0.1) is 0 Å². The summed E-state index contributed by atoms with van der Waals surface area (Å²) in [4.78, 5) is 0. The molecule has 1 aromatic rings. The number of nitrogens with two attached hydrogens (primary N) is 1. The van der Waals surface area contributed by atoms with Crippen molar-refractivity contribution in [3.8, 4) is 11.5 Å². The minimum Gasteiger partial charge on any atom is -0.486 e. The maximum absolute atomic E-state index is 6.69. The molecule has 98 valence electrons. The van der Waals surface area contributed by atoms with E-state index in [1.54, 1.807) is 0 Å². The van der Waals surface area contributed by atoms with Gasteiger partial charge in [-0.1, -0.05) is 26.3 Å². The van der Waals surface area contributed by atoms with Crippen molar-refractivity contribution in [1.29, 1.82) is 0 Å². The van der Waals surface area contributed by atoms with Crippen molar-refractivity contribution >= 4 is 0 Å². The molecule has 0 amide bonds. The molecule has 1 aromatic carbocycles. The van der Waals surface area contributed by atoms with E-state index in [1.165, 1.54) is 18.4 Å². The Hall–Kier alpha value is -1.22. The van der Waals surface area contributed by atoms with E-state index in [0.717, 1.165) is 17.9 Å². The molecule has 3 nitrogen and oxygen atoms in total. The minimum absolute atomic E-state index is 0.136. The zero-order chi connectivity index (χ0) is 12.8. The standard InChI is InChI=1S/C15H21NO2/c1-14(2)6-3-7-15(14,16)11-4-5-12-13(10-11)18-9-8-17-12/h4-5,10H,3,6-9,16H2,1-2H3. The van der Waals surface area contributed by atoms with E-state index >= 15 is 0 Å². The summed E-state index contributed by atoms with van der Waals surface area (Å²) < 4.78 is 11.2.